The van der Waals surface area contributed by atoms with Crippen molar-refractivity contribution in [3.05, 3.63) is 0 Å². The molecule has 120 valence electrons. The molecular weight excluding hydrogens is 246 g/mol. The zero-order valence-electron chi connectivity index (χ0n) is 14.7. The number of nitrogens with zero attached hydrogens (tertiary/aromatic N) is 2. The molecule has 1 aliphatic heterocycles. The third kappa shape index (κ3) is 5.01. The van der Waals surface area contributed by atoms with Crippen LogP contribution in [0.3, 0.4) is 0 Å². The van der Waals surface area contributed by atoms with Gasteiger partial charge in [0.05, 0.1) is 0 Å². The Labute approximate surface area is 127 Å². The fourth-order valence-corrected chi connectivity index (χ4v) is 3.38. The maximum atomic E-state index is 3.85. The summed E-state index contributed by atoms with van der Waals surface area (Å²) < 4.78 is 0. The van der Waals surface area contributed by atoms with E-state index in [4.69, 9.17) is 0 Å². The number of unbranched alkanes of at least 4 members (excludes halogenated alkanes) is 1. The molecule has 0 spiro atoms. The van der Waals surface area contributed by atoms with E-state index in [1.807, 2.05) is 0 Å². The van der Waals surface area contributed by atoms with E-state index in [2.05, 4.69) is 56.9 Å². The van der Waals surface area contributed by atoms with Gasteiger partial charge in [0, 0.05) is 24.7 Å². The quantitative estimate of drug-likeness (QED) is 0.691. The Morgan fingerprint density at radius 2 is 1.85 bits per heavy atom. The molecule has 20 heavy (non-hydrogen) atoms. The topological polar surface area (TPSA) is 18.5 Å². The Bertz CT molecular complexity index is 259. The molecule has 1 rings (SSSR count). The average Bonchev–Trinajstić information content (AvgIpc) is 2.42. The first-order valence-electron chi connectivity index (χ1n) is 8.58. The van der Waals surface area contributed by atoms with Crippen LogP contribution in [0.2, 0.25) is 0 Å². The van der Waals surface area contributed by atoms with Crippen LogP contribution in [-0.4, -0.2) is 61.7 Å². The van der Waals surface area contributed by atoms with Gasteiger partial charge in [0.1, 0.15) is 0 Å². The van der Waals surface area contributed by atoms with Gasteiger partial charge in [-0.25, -0.2) is 0 Å². The first-order valence-corrected chi connectivity index (χ1v) is 8.58. The molecule has 1 unspecified atom stereocenters. The van der Waals surface area contributed by atoms with E-state index in [1.54, 1.807) is 0 Å². The van der Waals surface area contributed by atoms with Crippen molar-refractivity contribution >= 4 is 0 Å². The molecule has 0 aliphatic carbocycles. The highest BCUT2D eigenvalue weighted by atomic mass is 15.3. The monoisotopic (exact) mass is 283 g/mol. The van der Waals surface area contributed by atoms with Crippen LogP contribution < -0.4 is 5.32 Å². The first kappa shape index (κ1) is 17.9. The van der Waals surface area contributed by atoms with Crippen LogP contribution >= 0.6 is 0 Å². The molecule has 3 nitrogen and oxygen atoms in total. The van der Waals surface area contributed by atoms with E-state index in [9.17, 15) is 0 Å². The molecule has 0 saturated carbocycles. The molecule has 1 heterocycles. The SMILES string of the molecule is CCC1(CC)CN(CCCCN(C)C)C(C(C)C)CN1. The van der Waals surface area contributed by atoms with Gasteiger partial charge in [0.25, 0.3) is 0 Å². The minimum atomic E-state index is 0.354. The van der Waals surface area contributed by atoms with Crippen molar-refractivity contribution in [1.82, 2.24) is 15.1 Å². The molecular formula is C17H37N3. The lowest BCUT2D eigenvalue weighted by molar-refractivity contribution is 0.0489. The van der Waals surface area contributed by atoms with Gasteiger partial charge in [-0.15, -0.1) is 0 Å². The maximum absolute atomic E-state index is 3.85. The molecule has 0 radical (unpaired) electrons. The number of hydrogen-bond acceptors (Lipinski definition) is 3. The predicted octanol–water partition coefficient (Wildman–Crippen LogP) is 2.82. The number of nitrogens with one attached hydrogen (secondary N) is 1. The first-order chi connectivity index (χ1) is 9.44. The summed E-state index contributed by atoms with van der Waals surface area (Å²) in [4.78, 5) is 5.06. The Hall–Kier alpha value is -0.120. The molecule has 0 bridgehead atoms. The zero-order chi connectivity index (χ0) is 15.2. The van der Waals surface area contributed by atoms with Crippen LogP contribution in [0.15, 0.2) is 0 Å². The van der Waals surface area contributed by atoms with Gasteiger partial charge in [-0.2, -0.15) is 0 Å². The van der Waals surface area contributed by atoms with Gasteiger partial charge in [-0.1, -0.05) is 27.7 Å². The van der Waals surface area contributed by atoms with Crippen LogP contribution in [0.25, 0.3) is 0 Å². The minimum Gasteiger partial charge on any atom is -0.309 e. The summed E-state index contributed by atoms with van der Waals surface area (Å²) >= 11 is 0. The summed E-state index contributed by atoms with van der Waals surface area (Å²) in [5, 5.41) is 3.85. The summed E-state index contributed by atoms with van der Waals surface area (Å²) in [6.07, 6.45) is 5.11. The van der Waals surface area contributed by atoms with Crippen molar-refractivity contribution in [2.75, 3.05) is 40.3 Å². The van der Waals surface area contributed by atoms with Crippen molar-refractivity contribution in [3.8, 4) is 0 Å². The smallest absolute Gasteiger partial charge is 0.0304 e. The van der Waals surface area contributed by atoms with Gasteiger partial charge >= 0.3 is 0 Å². The molecule has 1 atom stereocenters. The highest BCUT2D eigenvalue weighted by molar-refractivity contribution is 4.97. The Morgan fingerprint density at radius 1 is 1.20 bits per heavy atom. The third-order valence-electron chi connectivity index (χ3n) is 5.08. The second kappa shape index (κ2) is 8.35. The largest absolute Gasteiger partial charge is 0.309 e. The second-order valence-corrected chi connectivity index (χ2v) is 7.16. The number of rotatable bonds is 8. The zero-order valence-corrected chi connectivity index (χ0v) is 14.7. The van der Waals surface area contributed by atoms with E-state index in [0.29, 0.717) is 11.6 Å². The molecule has 1 saturated heterocycles. The highest BCUT2D eigenvalue weighted by Crippen LogP contribution is 2.25. The molecule has 1 N–H and O–H groups in total. The van der Waals surface area contributed by atoms with Crippen LogP contribution in [0.5, 0.6) is 0 Å². The second-order valence-electron chi connectivity index (χ2n) is 7.16. The van der Waals surface area contributed by atoms with Crippen molar-refractivity contribution in [2.45, 2.75) is 65.0 Å². The standard InChI is InChI=1S/C17H37N3/c1-7-17(8-2)14-20(12-10-9-11-19(5)6)16(13-18-17)15(3)4/h15-16,18H,7-14H2,1-6H3. The van der Waals surface area contributed by atoms with Gasteiger partial charge in [0.15, 0.2) is 0 Å². The highest BCUT2D eigenvalue weighted by Gasteiger charge is 2.37. The fourth-order valence-electron chi connectivity index (χ4n) is 3.38. The van der Waals surface area contributed by atoms with Crippen molar-refractivity contribution in [1.29, 1.82) is 0 Å². The average molecular weight is 284 g/mol. The summed E-state index contributed by atoms with van der Waals surface area (Å²) in [5.41, 5.74) is 0.354. The predicted molar refractivity (Wildman–Crippen MR) is 89.3 cm³/mol. The van der Waals surface area contributed by atoms with Crippen LogP contribution in [0.1, 0.15) is 53.4 Å². The van der Waals surface area contributed by atoms with E-state index >= 15 is 0 Å². The maximum Gasteiger partial charge on any atom is 0.0304 e. The van der Waals surface area contributed by atoms with Crippen LogP contribution in [-0.2, 0) is 0 Å². The van der Waals surface area contributed by atoms with Gasteiger partial charge in [0.2, 0.25) is 0 Å². The van der Waals surface area contributed by atoms with E-state index in [0.717, 1.165) is 12.5 Å². The third-order valence-corrected chi connectivity index (χ3v) is 5.08. The molecule has 0 amide bonds. The lowest BCUT2D eigenvalue weighted by atomic mass is 9.86. The fraction of sp³-hybridized carbons (Fsp3) is 1.00. The lowest BCUT2D eigenvalue weighted by Gasteiger charge is -2.49. The van der Waals surface area contributed by atoms with Gasteiger partial charge < -0.3 is 10.2 Å². The molecule has 3 heteroatoms. The molecule has 0 aromatic heterocycles. The molecule has 0 aromatic rings. The van der Waals surface area contributed by atoms with E-state index < -0.39 is 0 Å². The number of piperazine rings is 1. The molecule has 1 aliphatic rings. The Balaban J connectivity index is 2.55. The summed E-state index contributed by atoms with van der Waals surface area (Å²) in [6, 6.07) is 0.709. The van der Waals surface area contributed by atoms with Crippen LogP contribution in [0.4, 0.5) is 0 Å². The minimum absolute atomic E-state index is 0.354. The van der Waals surface area contributed by atoms with Crippen LogP contribution in [0, 0.1) is 5.92 Å². The van der Waals surface area contributed by atoms with Gasteiger partial charge in [-0.05, 0) is 58.8 Å². The number of hydrogen-bond donors (Lipinski definition) is 1. The normalized spacial score (nSPS) is 23.7. The Kier molecular flexibility index (Phi) is 7.49. The van der Waals surface area contributed by atoms with Crippen molar-refractivity contribution in [2.24, 2.45) is 5.92 Å². The summed E-state index contributed by atoms with van der Waals surface area (Å²) in [5.74, 6) is 0.739. The van der Waals surface area contributed by atoms with E-state index in [-0.39, 0.29) is 0 Å². The molecule has 0 aromatic carbocycles. The van der Waals surface area contributed by atoms with Crippen molar-refractivity contribution in [3.63, 3.8) is 0 Å². The van der Waals surface area contributed by atoms with E-state index in [1.165, 1.54) is 45.3 Å². The molecule has 1 fully saturated rings. The lowest BCUT2D eigenvalue weighted by Crippen LogP contribution is -2.65. The van der Waals surface area contributed by atoms with Crippen molar-refractivity contribution < 1.29 is 0 Å². The Morgan fingerprint density at radius 3 is 2.35 bits per heavy atom. The summed E-state index contributed by atoms with van der Waals surface area (Å²) in [6.45, 7) is 14.3. The summed E-state index contributed by atoms with van der Waals surface area (Å²) in [7, 11) is 4.34. The van der Waals surface area contributed by atoms with Gasteiger partial charge in [-0.3, -0.25) is 4.90 Å².